The minimum absolute atomic E-state index is 0.00633. The number of nitrogens with zero attached hydrogens (tertiary/aromatic N) is 2. The summed E-state index contributed by atoms with van der Waals surface area (Å²) >= 11 is 10.2. The molecule has 3 heterocycles. The number of nitrogens with one attached hydrogen (secondary N) is 3. The van der Waals surface area contributed by atoms with Crippen molar-refractivity contribution in [2.45, 2.75) is 31.7 Å². The highest BCUT2D eigenvalue weighted by Crippen LogP contribution is 2.37. The number of benzene rings is 1. The minimum Gasteiger partial charge on any atom is -0.860 e. The molecule has 10 nitrogen and oxygen atoms in total. The molecule has 2 aromatic heterocycles. The van der Waals surface area contributed by atoms with Crippen LogP contribution in [0.1, 0.15) is 47.4 Å². The topological polar surface area (TPSA) is 133 Å². The molecule has 1 fully saturated rings. The number of hydrogen-bond donors (Lipinski definition) is 4. The molecule has 12 heteroatoms. The van der Waals surface area contributed by atoms with Crippen molar-refractivity contribution < 1.29 is 19.8 Å². The predicted molar refractivity (Wildman–Crippen MR) is 137 cm³/mol. The van der Waals surface area contributed by atoms with Crippen molar-refractivity contribution in [3.63, 3.8) is 0 Å². The maximum Gasteiger partial charge on any atom is 0.259 e. The first-order valence-electron chi connectivity index (χ1n) is 11.7. The molecule has 4 N–H and O–H groups in total. The number of quaternary nitrogens is 1. The van der Waals surface area contributed by atoms with Crippen molar-refractivity contribution in [2.75, 3.05) is 20.2 Å². The van der Waals surface area contributed by atoms with Gasteiger partial charge in [0.15, 0.2) is 9.54 Å². The first kappa shape index (κ1) is 25.9. The van der Waals surface area contributed by atoms with E-state index in [1.54, 1.807) is 19.2 Å². The Hall–Kier alpha value is -3.22. The Morgan fingerprint density at radius 2 is 1.67 bits per heavy atom. The molecule has 1 aromatic carbocycles. The number of piperidine rings is 1. The van der Waals surface area contributed by atoms with Crippen molar-refractivity contribution >= 4 is 24.4 Å². The monoisotopic (exact) mass is 531 g/mol. The lowest BCUT2D eigenvalue weighted by atomic mass is 9.85. The highest BCUT2D eigenvalue weighted by atomic mass is 32.1. The molecule has 0 aliphatic carbocycles. The van der Waals surface area contributed by atoms with Gasteiger partial charge in [0.2, 0.25) is 5.88 Å². The quantitative estimate of drug-likeness (QED) is 0.345. The lowest BCUT2D eigenvalue weighted by Crippen LogP contribution is -3.11. The van der Waals surface area contributed by atoms with Crippen LogP contribution in [0.25, 0.3) is 0 Å². The zero-order valence-electron chi connectivity index (χ0n) is 20.3. The number of methoxy groups -OCH3 is 1. The molecular formula is C24H29N5O5S2. The Bertz CT molecular complexity index is 1450. The normalized spacial score (nSPS) is 15.1. The van der Waals surface area contributed by atoms with E-state index in [4.69, 9.17) is 29.2 Å². The highest BCUT2D eigenvalue weighted by Gasteiger charge is 2.30. The summed E-state index contributed by atoms with van der Waals surface area (Å²) in [4.78, 5) is 32.7. The lowest BCUT2D eigenvalue weighted by Gasteiger charge is -2.27. The summed E-state index contributed by atoms with van der Waals surface area (Å²) in [5, 5.41) is 24.3. The van der Waals surface area contributed by atoms with E-state index in [1.807, 2.05) is 6.07 Å². The second-order valence-electron chi connectivity index (χ2n) is 9.08. The molecule has 0 radical (unpaired) electrons. The van der Waals surface area contributed by atoms with E-state index in [0.717, 1.165) is 36.1 Å². The van der Waals surface area contributed by atoms with E-state index in [0.29, 0.717) is 17.9 Å². The fraction of sp³-hybridized carbons (Fsp3) is 0.417. The average molecular weight is 532 g/mol. The van der Waals surface area contributed by atoms with Crippen LogP contribution in [0.2, 0.25) is 0 Å². The van der Waals surface area contributed by atoms with E-state index in [-0.39, 0.29) is 20.7 Å². The fourth-order valence-corrected chi connectivity index (χ4v) is 5.21. The predicted octanol–water partition coefficient (Wildman–Crippen LogP) is 0.736. The van der Waals surface area contributed by atoms with Crippen LogP contribution in [0.5, 0.6) is 17.5 Å². The number of aromatic nitrogens is 4. The molecule has 1 saturated heterocycles. The third-order valence-electron chi connectivity index (χ3n) is 6.85. The minimum atomic E-state index is -1.19. The van der Waals surface area contributed by atoms with Crippen molar-refractivity contribution in [2.24, 2.45) is 14.1 Å². The Morgan fingerprint density at radius 1 is 1.06 bits per heavy atom. The van der Waals surface area contributed by atoms with Gasteiger partial charge in [-0.1, -0.05) is 6.07 Å². The Morgan fingerprint density at radius 3 is 2.31 bits per heavy atom. The smallest absolute Gasteiger partial charge is 0.259 e. The van der Waals surface area contributed by atoms with E-state index in [1.165, 1.54) is 30.0 Å². The molecule has 0 spiro atoms. The van der Waals surface area contributed by atoms with E-state index >= 15 is 0 Å². The lowest BCUT2D eigenvalue weighted by molar-refractivity contribution is -0.918. The molecule has 3 aromatic rings. The Balaban J connectivity index is 2.00. The second kappa shape index (κ2) is 10.4. The maximum absolute atomic E-state index is 13.3. The second-order valence-corrected chi connectivity index (χ2v) is 9.86. The number of likely N-dealkylation sites (tertiary alicyclic amines) is 1. The van der Waals surface area contributed by atoms with Crippen LogP contribution in [-0.4, -0.2) is 44.4 Å². The van der Waals surface area contributed by atoms with Crippen LogP contribution in [0.4, 0.5) is 0 Å². The summed E-state index contributed by atoms with van der Waals surface area (Å²) in [6.07, 6.45) is 3.50. The number of ether oxygens (including phenoxy) is 1. The Labute approximate surface area is 217 Å². The standard InChI is InChI=1S/C24H29N5O5S2/c1-27-21(32)17(19(30)25-23(27)35)16(18-20(31)26-24(36)28(2)22(18)33)13-7-8-15(34-3)14(11-13)12-29-9-5-4-6-10-29/h7-8,11,16,32-33H,4-6,9-10,12H2,1-3H3,(H,25,30,35)(H,26,31,36). The number of H-pyrrole nitrogens is 2. The maximum atomic E-state index is 13.3. The molecule has 1 atom stereocenters. The van der Waals surface area contributed by atoms with Gasteiger partial charge in [0, 0.05) is 25.2 Å². The molecule has 1 unspecified atom stereocenters. The summed E-state index contributed by atoms with van der Waals surface area (Å²) in [6.45, 7) is 2.76. The first-order chi connectivity index (χ1) is 17.1. The molecule has 192 valence electrons. The van der Waals surface area contributed by atoms with Crippen LogP contribution in [0, 0.1) is 9.54 Å². The van der Waals surface area contributed by atoms with E-state index in [9.17, 15) is 19.8 Å². The summed E-state index contributed by atoms with van der Waals surface area (Å²) in [7, 11) is 4.52. The number of rotatable bonds is 6. The van der Waals surface area contributed by atoms with Gasteiger partial charge in [0.25, 0.3) is 11.1 Å². The van der Waals surface area contributed by atoms with E-state index in [2.05, 4.69) is 9.97 Å². The summed E-state index contributed by atoms with van der Waals surface area (Å²) in [5.41, 5.74) is -0.442. The van der Waals surface area contributed by atoms with Gasteiger partial charge in [-0.3, -0.25) is 24.1 Å². The summed E-state index contributed by atoms with van der Waals surface area (Å²) < 4.78 is 7.92. The zero-order chi connectivity index (χ0) is 26.1. The van der Waals surface area contributed by atoms with Gasteiger partial charge in [-0.25, -0.2) is 0 Å². The summed E-state index contributed by atoms with van der Waals surface area (Å²) in [6, 6.07) is 5.29. The molecule has 0 saturated carbocycles. The fourth-order valence-electron chi connectivity index (χ4n) is 4.85. The number of hydrogen-bond acceptors (Lipinski definition) is 7. The van der Waals surface area contributed by atoms with Crippen molar-refractivity contribution in [3.05, 3.63) is 70.7 Å². The van der Waals surface area contributed by atoms with Crippen LogP contribution in [0.15, 0.2) is 27.8 Å². The highest BCUT2D eigenvalue weighted by molar-refractivity contribution is 7.71. The van der Waals surface area contributed by atoms with Gasteiger partial charge < -0.3 is 24.4 Å². The first-order valence-corrected chi connectivity index (χ1v) is 12.5. The van der Waals surface area contributed by atoms with Gasteiger partial charge in [0.1, 0.15) is 12.3 Å². The molecule has 0 bridgehead atoms. The molecule has 0 amide bonds. The summed E-state index contributed by atoms with van der Waals surface area (Å²) in [5.74, 6) is -1.61. The van der Waals surface area contributed by atoms with Gasteiger partial charge in [0.05, 0.1) is 31.7 Å². The molecule has 4 rings (SSSR count). The van der Waals surface area contributed by atoms with Crippen LogP contribution < -0.4 is 25.9 Å². The third-order valence-corrected chi connectivity index (χ3v) is 7.60. The molecule has 1 aliphatic rings. The Kier molecular flexibility index (Phi) is 7.48. The van der Waals surface area contributed by atoms with Crippen LogP contribution in [0.3, 0.4) is 0 Å². The van der Waals surface area contributed by atoms with Crippen molar-refractivity contribution in [3.8, 4) is 17.5 Å². The third kappa shape index (κ3) is 4.75. The molecule has 36 heavy (non-hydrogen) atoms. The van der Waals surface area contributed by atoms with Crippen LogP contribution >= 0.6 is 24.4 Å². The molecular weight excluding hydrogens is 502 g/mol. The van der Waals surface area contributed by atoms with Crippen molar-refractivity contribution in [1.82, 2.24) is 19.1 Å². The van der Waals surface area contributed by atoms with Gasteiger partial charge in [-0.2, -0.15) is 0 Å². The SMILES string of the molecule is COc1ccc(C(c2c([O-])n(C)c(=S)[nH]c2=O)c2c(O)n(C)c(=S)[nH]c2=O)cc1C[NH+]1CCCCC1. The largest absolute Gasteiger partial charge is 0.860 e. The van der Waals surface area contributed by atoms with Gasteiger partial charge >= 0.3 is 0 Å². The van der Waals surface area contributed by atoms with Crippen molar-refractivity contribution in [1.29, 1.82) is 0 Å². The molecule has 1 aliphatic heterocycles. The van der Waals surface area contributed by atoms with Gasteiger partial charge in [-0.15, -0.1) is 0 Å². The zero-order valence-corrected chi connectivity index (χ0v) is 22.0. The van der Waals surface area contributed by atoms with Gasteiger partial charge in [-0.05, 0) is 67.3 Å². The van der Waals surface area contributed by atoms with E-state index < -0.39 is 28.8 Å². The van der Waals surface area contributed by atoms with Crippen LogP contribution in [-0.2, 0) is 20.6 Å². The average Bonchev–Trinajstić information content (AvgIpc) is 2.85. The number of aromatic amines is 2. The number of aromatic hydroxyl groups is 1.